The Morgan fingerprint density at radius 1 is 1.00 bits per heavy atom. The van der Waals surface area contributed by atoms with Gasteiger partial charge in [-0.25, -0.2) is 8.42 Å². The molecule has 2 aromatic carbocycles. The van der Waals surface area contributed by atoms with Gasteiger partial charge >= 0.3 is 0 Å². The lowest BCUT2D eigenvalue weighted by Crippen LogP contribution is -2.47. The van der Waals surface area contributed by atoms with Gasteiger partial charge in [-0.05, 0) is 80.5 Å². The molecule has 2 aliphatic rings. The van der Waals surface area contributed by atoms with Crippen LogP contribution in [0.15, 0.2) is 41.3 Å². The predicted molar refractivity (Wildman–Crippen MR) is 131 cm³/mol. The summed E-state index contributed by atoms with van der Waals surface area (Å²) in [4.78, 5) is 15.6. The van der Waals surface area contributed by atoms with Crippen molar-refractivity contribution < 1.29 is 13.2 Å². The molecule has 0 saturated carbocycles. The Labute approximate surface area is 198 Å². The lowest BCUT2D eigenvalue weighted by molar-refractivity contribution is 0.0934. The van der Waals surface area contributed by atoms with Crippen molar-refractivity contribution >= 4 is 15.9 Å². The first-order valence-corrected chi connectivity index (χ1v) is 13.5. The van der Waals surface area contributed by atoms with Crippen molar-refractivity contribution in [2.75, 3.05) is 33.2 Å². The van der Waals surface area contributed by atoms with Gasteiger partial charge in [-0.2, -0.15) is 4.31 Å². The molecule has 1 N–H and O–H groups in total. The maximum absolute atomic E-state index is 13.3. The van der Waals surface area contributed by atoms with Crippen molar-refractivity contribution in [1.29, 1.82) is 0 Å². The SMILES string of the molecule is CC[C@H](NC(=O)c1cc(S(=O)(=O)N2CCN(C)CC2)ccc1C)c1ccc2c(c1)CCCC2. The van der Waals surface area contributed by atoms with E-state index in [1.807, 2.05) is 14.0 Å². The number of carbonyl (C=O) groups excluding carboxylic acids is 1. The summed E-state index contributed by atoms with van der Waals surface area (Å²) >= 11 is 0. The number of carbonyl (C=O) groups is 1. The second-order valence-corrected chi connectivity index (χ2v) is 11.3. The molecule has 1 heterocycles. The van der Waals surface area contributed by atoms with E-state index in [-0.39, 0.29) is 16.8 Å². The Bertz CT molecular complexity index is 1120. The molecule has 6 nitrogen and oxygen atoms in total. The molecule has 1 atom stereocenters. The monoisotopic (exact) mass is 469 g/mol. The van der Waals surface area contributed by atoms with Gasteiger partial charge in [-0.3, -0.25) is 4.79 Å². The summed E-state index contributed by atoms with van der Waals surface area (Å²) in [5, 5.41) is 3.16. The third-order valence-corrected chi connectivity index (χ3v) is 8.94. The number of likely N-dealkylation sites (N-methyl/N-ethyl adjacent to an activating group) is 1. The molecule has 178 valence electrons. The number of benzene rings is 2. The van der Waals surface area contributed by atoms with Crippen molar-refractivity contribution in [1.82, 2.24) is 14.5 Å². The Hall–Kier alpha value is -2.22. The Balaban J connectivity index is 1.55. The zero-order valence-corrected chi connectivity index (χ0v) is 20.7. The maximum Gasteiger partial charge on any atom is 0.252 e. The number of rotatable bonds is 6. The van der Waals surface area contributed by atoms with Crippen LogP contribution in [0.3, 0.4) is 0 Å². The first-order valence-electron chi connectivity index (χ1n) is 12.0. The van der Waals surface area contributed by atoms with Crippen molar-refractivity contribution in [2.45, 2.75) is 56.9 Å². The molecular weight excluding hydrogens is 434 g/mol. The predicted octanol–water partition coefficient (Wildman–Crippen LogP) is 3.69. The summed E-state index contributed by atoms with van der Waals surface area (Å²) in [5.74, 6) is -0.229. The van der Waals surface area contributed by atoms with Crippen LogP contribution in [0.5, 0.6) is 0 Å². The van der Waals surface area contributed by atoms with Crippen molar-refractivity contribution in [2.24, 2.45) is 0 Å². The fourth-order valence-corrected chi connectivity index (χ4v) is 6.26. The first kappa shape index (κ1) is 23.9. The van der Waals surface area contributed by atoms with E-state index in [2.05, 4.69) is 35.3 Å². The van der Waals surface area contributed by atoms with E-state index in [9.17, 15) is 13.2 Å². The fourth-order valence-electron chi connectivity index (χ4n) is 4.81. The third-order valence-electron chi connectivity index (χ3n) is 7.04. The lowest BCUT2D eigenvalue weighted by Gasteiger charge is -2.31. The topological polar surface area (TPSA) is 69.7 Å². The minimum Gasteiger partial charge on any atom is -0.345 e. The molecule has 2 aromatic rings. The van der Waals surface area contributed by atoms with E-state index in [1.165, 1.54) is 34.3 Å². The molecule has 0 bridgehead atoms. The quantitative estimate of drug-likeness (QED) is 0.701. The van der Waals surface area contributed by atoms with Gasteiger partial charge in [0.25, 0.3) is 5.91 Å². The van der Waals surface area contributed by atoms with Crippen molar-refractivity contribution in [3.63, 3.8) is 0 Å². The summed E-state index contributed by atoms with van der Waals surface area (Å²) < 4.78 is 27.9. The third kappa shape index (κ3) is 5.15. The molecule has 0 radical (unpaired) electrons. The molecule has 7 heteroatoms. The van der Waals surface area contributed by atoms with Gasteiger partial charge in [-0.15, -0.1) is 0 Å². The lowest BCUT2D eigenvalue weighted by atomic mass is 9.88. The van der Waals surface area contributed by atoms with Crippen molar-refractivity contribution in [3.05, 3.63) is 64.2 Å². The molecule has 4 rings (SSSR count). The van der Waals surface area contributed by atoms with Crippen LogP contribution in [0, 0.1) is 6.92 Å². The second-order valence-electron chi connectivity index (χ2n) is 9.35. The highest BCUT2D eigenvalue weighted by Crippen LogP contribution is 2.27. The maximum atomic E-state index is 13.3. The van der Waals surface area contributed by atoms with E-state index < -0.39 is 10.0 Å². The number of fused-ring (bicyclic) bond motifs is 1. The largest absolute Gasteiger partial charge is 0.345 e. The van der Waals surface area contributed by atoms with Gasteiger partial charge in [-0.1, -0.05) is 31.2 Å². The first-order chi connectivity index (χ1) is 15.8. The Kier molecular flexibility index (Phi) is 7.22. The van der Waals surface area contributed by atoms with Crippen molar-refractivity contribution in [3.8, 4) is 0 Å². The second kappa shape index (κ2) is 9.95. The Morgan fingerprint density at radius 2 is 1.70 bits per heavy atom. The molecule has 0 aromatic heterocycles. The standard InChI is InChI=1S/C26H35N3O3S/c1-4-25(22-11-10-20-7-5-6-8-21(20)17-22)27-26(30)24-18-23(12-9-19(24)2)33(31,32)29-15-13-28(3)14-16-29/h9-12,17-18,25H,4-8,13-16H2,1-3H3,(H,27,30)/t25-/m0/s1. The van der Waals surface area contributed by atoms with Crippen LogP contribution in [0.1, 0.15) is 64.8 Å². The zero-order chi connectivity index (χ0) is 23.6. The number of nitrogens with zero attached hydrogens (tertiary/aromatic N) is 2. The van der Waals surface area contributed by atoms with Crippen LogP contribution in [-0.2, 0) is 22.9 Å². The van der Waals surface area contributed by atoms with Gasteiger partial charge < -0.3 is 10.2 Å². The van der Waals surface area contributed by atoms with Crippen LogP contribution in [-0.4, -0.2) is 56.8 Å². The van der Waals surface area contributed by atoms with Crippen LogP contribution in [0.4, 0.5) is 0 Å². The molecular formula is C26H35N3O3S. The van der Waals surface area contributed by atoms with E-state index >= 15 is 0 Å². The number of hydrogen-bond acceptors (Lipinski definition) is 4. The zero-order valence-electron chi connectivity index (χ0n) is 19.9. The van der Waals surface area contributed by atoms with E-state index in [4.69, 9.17) is 0 Å². The Morgan fingerprint density at radius 3 is 2.39 bits per heavy atom. The van der Waals surface area contributed by atoms with Gasteiger partial charge in [0.05, 0.1) is 10.9 Å². The molecule has 1 amide bonds. The van der Waals surface area contributed by atoms with Gasteiger partial charge in [0.1, 0.15) is 0 Å². The van der Waals surface area contributed by atoms with E-state index in [0.29, 0.717) is 31.7 Å². The summed E-state index contributed by atoms with van der Waals surface area (Å²) in [7, 11) is -1.64. The summed E-state index contributed by atoms with van der Waals surface area (Å²) in [6.45, 7) is 6.25. The number of hydrogen-bond donors (Lipinski definition) is 1. The fraction of sp³-hybridized carbons (Fsp3) is 0.500. The molecule has 1 aliphatic heterocycles. The van der Waals surface area contributed by atoms with Crippen LogP contribution in [0.25, 0.3) is 0 Å². The summed E-state index contributed by atoms with van der Waals surface area (Å²) in [6.07, 6.45) is 5.45. The summed E-state index contributed by atoms with van der Waals surface area (Å²) in [5.41, 5.74) is 5.11. The van der Waals surface area contributed by atoms with Crippen LogP contribution in [0.2, 0.25) is 0 Å². The highest BCUT2D eigenvalue weighted by molar-refractivity contribution is 7.89. The minimum absolute atomic E-state index is 0.109. The average Bonchev–Trinajstić information content (AvgIpc) is 2.82. The minimum atomic E-state index is -3.63. The van der Waals surface area contributed by atoms with Crippen LogP contribution < -0.4 is 5.32 Å². The smallest absolute Gasteiger partial charge is 0.252 e. The van der Waals surface area contributed by atoms with E-state index in [1.54, 1.807) is 12.1 Å². The highest BCUT2D eigenvalue weighted by atomic mass is 32.2. The average molecular weight is 470 g/mol. The normalized spacial score (nSPS) is 18.5. The van der Waals surface area contributed by atoms with Gasteiger partial charge in [0.2, 0.25) is 10.0 Å². The van der Waals surface area contributed by atoms with Gasteiger partial charge in [0, 0.05) is 31.7 Å². The van der Waals surface area contributed by atoms with Crippen LogP contribution >= 0.6 is 0 Å². The molecule has 0 unspecified atom stereocenters. The summed E-state index contributed by atoms with van der Waals surface area (Å²) in [6, 6.07) is 11.3. The number of amides is 1. The molecule has 33 heavy (non-hydrogen) atoms. The molecule has 0 spiro atoms. The molecule has 1 aliphatic carbocycles. The number of nitrogens with one attached hydrogen (secondary N) is 1. The van der Waals surface area contributed by atoms with Gasteiger partial charge in [0.15, 0.2) is 0 Å². The molecule has 1 fully saturated rings. The highest BCUT2D eigenvalue weighted by Gasteiger charge is 2.28. The number of piperazine rings is 1. The van der Waals surface area contributed by atoms with E-state index in [0.717, 1.165) is 30.4 Å². The number of sulfonamides is 1. The molecule has 1 saturated heterocycles. The number of aryl methyl sites for hydroxylation is 3.